The largest absolute Gasteiger partial charge is 0.459 e. The third-order valence-corrected chi connectivity index (χ3v) is 2.29. The lowest BCUT2D eigenvalue weighted by Gasteiger charge is -1.98. The van der Waals surface area contributed by atoms with E-state index >= 15 is 0 Å². The number of carbonyl (C=O) groups excluding carboxylic acids is 1. The van der Waals surface area contributed by atoms with Gasteiger partial charge in [0.05, 0.1) is 6.61 Å². The molecule has 0 saturated carbocycles. The van der Waals surface area contributed by atoms with E-state index in [4.69, 9.17) is 9.15 Å². The van der Waals surface area contributed by atoms with Gasteiger partial charge in [0.25, 0.3) is 0 Å². The molecule has 1 aromatic heterocycles. The van der Waals surface area contributed by atoms with Gasteiger partial charge in [-0.05, 0) is 31.5 Å². The van der Waals surface area contributed by atoms with Crippen LogP contribution in [0, 0.1) is 12.7 Å². The summed E-state index contributed by atoms with van der Waals surface area (Å²) in [6, 6.07) is 4.51. The second kappa shape index (κ2) is 4.95. The molecule has 0 spiro atoms. The number of rotatable bonds is 3. The van der Waals surface area contributed by atoms with Crippen molar-refractivity contribution in [2.75, 3.05) is 6.61 Å². The Kier molecular flexibility index (Phi) is 3.36. The number of benzene rings is 1. The molecule has 2 rings (SSSR count). The molecule has 0 saturated heterocycles. The van der Waals surface area contributed by atoms with Crippen LogP contribution in [0.3, 0.4) is 0 Å². The lowest BCUT2D eigenvalue weighted by molar-refractivity contribution is 0.0481. The van der Waals surface area contributed by atoms with Crippen LogP contribution >= 0.6 is 0 Å². The maximum atomic E-state index is 13.4. The Morgan fingerprint density at radius 1 is 1.44 bits per heavy atom. The zero-order valence-corrected chi connectivity index (χ0v) is 9.94. The maximum absolute atomic E-state index is 13.4. The van der Waals surface area contributed by atoms with E-state index in [1.54, 1.807) is 26.0 Å². The van der Waals surface area contributed by atoms with E-state index in [0.717, 1.165) is 0 Å². The smallest absolute Gasteiger partial charge is 0.396 e. The van der Waals surface area contributed by atoms with Gasteiger partial charge >= 0.3 is 11.9 Å². The minimum atomic E-state index is -0.691. The normalized spacial score (nSPS) is 10.4. The Bertz CT molecular complexity index is 580. The predicted molar refractivity (Wildman–Crippen MR) is 60.4 cm³/mol. The number of carbonyl (C=O) groups is 1. The number of halogens is 1. The first-order valence-electron chi connectivity index (χ1n) is 5.39. The summed E-state index contributed by atoms with van der Waals surface area (Å²) in [6.45, 7) is 3.54. The summed E-state index contributed by atoms with van der Waals surface area (Å²) in [5.41, 5.74) is 0.935. The summed E-state index contributed by atoms with van der Waals surface area (Å²) < 4.78 is 23.2. The van der Waals surface area contributed by atoms with E-state index in [1.165, 1.54) is 6.07 Å². The molecule has 0 aliphatic carbocycles. The molecule has 0 aliphatic heterocycles. The second-order valence-electron chi connectivity index (χ2n) is 3.60. The first kappa shape index (κ1) is 12.2. The Labute approximate surface area is 103 Å². The van der Waals surface area contributed by atoms with E-state index < -0.39 is 5.97 Å². The average Bonchev–Trinajstić information content (AvgIpc) is 2.82. The summed E-state index contributed by atoms with van der Waals surface area (Å²) in [5, 5.41) is 7.23. The quantitative estimate of drug-likeness (QED) is 0.782. The van der Waals surface area contributed by atoms with Gasteiger partial charge in [-0.25, -0.2) is 9.18 Å². The van der Waals surface area contributed by atoms with Crippen molar-refractivity contribution in [3.8, 4) is 11.5 Å². The minimum absolute atomic E-state index is 0.0805. The molecule has 94 valence electrons. The highest BCUT2D eigenvalue weighted by Crippen LogP contribution is 2.20. The number of hydrogen-bond acceptors (Lipinski definition) is 5. The van der Waals surface area contributed by atoms with E-state index in [0.29, 0.717) is 11.1 Å². The van der Waals surface area contributed by atoms with Crippen molar-refractivity contribution in [2.24, 2.45) is 0 Å². The standard InChI is InChI=1S/C12H11FN2O3/c1-3-17-12(16)11-15-14-10(18-11)8-5-4-7(2)9(13)6-8/h4-6H,3H2,1-2H3. The topological polar surface area (TPSA) is 65.2 Å². The SMILES string of the molecule is CCOC(=O)c1nnc(-c2ccc(C)c(F)c2)o1. The van der Waals surface area contributed by atoms with Crippen LogP contribution in [0.2, 0.25) is 0 Å². The van der Waals surface area contributed by atoms with E-state index in [2.05, 4.69) is 10.2 Å². The van der Waals surface area contributed by atoms with E-state index in [1.807, 2.05) is 0 Å². The van der Waals surface area contributed by atoms with Crippen molar-refractivity contribution in [2.45, 2.75) is 13.8 Å². The molecule has 0 atom stereocenters. The van der Waals surface area contributed by atoms with Gasteiger partial charge in [0.1, 0.15) is 5.82 Å². The third kappa shape index (κ3) is 2.37. The fraction of sp³-hybridized carbons (Fsp3) is 0.250. The Morgan fingerprint density at radius 2 is 2.22 bits per heavy atom. The molecule has 0 N–H and O–H groups in total. The Balaban J connectivity index is 2.29. The number of ether oxygens (including phenoxy) is 1. The van der Waals surface area contributed by atoms with Gasteiger partial charge in [-0.15, -0.1) is 10.2 Å². The van der Waals surface area contributed by atoms with E-state index in [9.17, 15) is 9.18 Å². The van der Waals surface area contributed by atoms with Gasteiger partial charge in [0.2, 0.25) is 5.89 Å². The molecular formula is C12H11FN2O3. The van der Waals surface area contributed by atoms with Crippen molar-refractivity contribution in [1.29, 1.82) is 0 Å². The fourth-order valence-corrected chi connectivity index (χ4v) is 1.34. The zero-order valence-electron chi connectivity index (χ0n) is 9.94. The van der Waals surface area contributed by atoms with Gasteiger partial charge < -0.3 is 9.15 Å². The first-order valence-corrected chi connectivity index (χ1v) is 5.39. The van der Waals surface area contributed by atoms with Crippen LogP contribution in [0.1, 0.15) is 23.2 Å². The summed E-state index contributed by atoms with van der Waals surface area (Å²) in [6.07, 6.45) is 0. The molecule has 0 bridgehead atoms. The third-order valence-electron chi connectivity index (χ3n) is 2.29. The van der Waals surface area contributed by atoms with Gasteiger partial charge in [0, 0.05) is 5.56 Å². The molecule has 0 unspecified atom stereocenters. The molecule has 0 fully saturated rings. The van der Waals surface area contributed by atoms with Crippen molar-refractivity contribution >= 4 is 5.97 Å². The van der Waals surface area contributed by atoms with Gasteiger partial charge in [-0.1, -0.05) is 6.07 Å². The van der Waals surface area contributed by atoms with Gasteiger partial charge in [-0.3, -0.25) is 0 Å². The number of aryl methyl sites for hydroxylation is 1. The van der Waals surface area contributed by atoms with Crippen LogP contribution in [0.5, 0.6) is 0 Å². The van der Waals surface area contributed by atoms with Crippen molar-refractivity contribution in [3.63, 3.8) is 0 Å². The zero-order chi connectivity index (χ0) is 13.1. The highest BCUT2D eigenvalue weighted by molar-refractivity contribution is 5.84. The molecule has 2 aromatic rings. The molecule has 0 aliphatic rings. The first-order chi connectivity index (χ1) is 8.61. The van der Waals surface area contributed by atoms with Crippen molar-refractivity contribution in [3.05, 3.63) is 35.5 Å². The maximum Gasteiger partial charge on any atom is 0.396 e. The van der Waals surface area contributed by atoms with E-state index in [-0.39, 0.29) is 24.2 Å². The van der Waals surface area contributed by atoms with Crippen molar-refractivity contribution in [1.82, 2.24) is 10.2 Å². The van der Waals surface area contributed by atoms with Gasteiger partial charge in [-0.2, -0.15) is 0 Å². The molecule has 0 radical (unpaired) electrons. The molecule has 0 amide bonds. The van der Waals surface area contributed by atoms with Crippen LogP contribution in [-0.4, -0.2) is 22.8 Å². The lowest BCUT2D eigenvalue weighted by Crippen LogP contribution is -2.04. The summed E-state index contributed by atoms with van der Waals surface area (Å²) in [5.74, 6) is -1.22. The molecule has 1 aromatic carbocycles. The molecule has 5 nitrogen and oxygen atoms in total. The number of esters is 1. The fourth-order valence-electron chi connectivity index (χ4n) is 1.34. The highest BCUT2D eigenvalue weighted by atomic mass is 19.1. The minimum Gasteiger partial charge on any atom is -0.459 e. The van der Waals surface area contributed by atoms with Crippen LogP contribution in [-0.2, 0) is 4.74 Å². The van der Waals surface area contributed by atoms with Crippen molar-refractivity contribution < 1.29 is 18.3 Å². The molecule has 6 heteroatoms. The van der Waals surface area contributed by atoms with Crippen LogP contribution in [0.15, 0.2) is 22.6 Å². The van der Waals surface area contributed by atoms with Crippen LogP contribution < -0.4 is 0 Å². The molecule has 1 heterocycles. The summed E-state index contributed by atoms with van der Waals surface area (Å²) >= 11 is 0. The monoisotopic (exact) mass is 250 g/mol. The summed E-state index contributed by atoms with van der Waals surface area (Å²) in [4.78, 5) is 11.3. The number of aromatic nitrogens is 2. The molecule has 18 heavy (non-hydrogen) atoms. The lowest BCUT2D eigenvalue weighted by atomic mass is 10.1. The number of hydrogen-bond donors (Lipinski definition) is 0. The van der Waals surface area contributed by atoms with Crippen LogP contribution in [0.25, 0.3) is 11.5 Å². The number of nitrogens with zero attached hydrogens (tertiary/aromatic N) is 2. The highest BCUT2D eigenvalue weighted by Gasteiger charge is 2.17. The van der Waals surface area contributed by atoms with Crippen LogP contribution in [0.4, 0.5) is 4.39 Å². The average molecular weight is 250 g/mol. The second-order valence-corrected chi connectivity index (χ2v) is 3.60. The Hall–Kier alpha value is -2.24. The summed E-state index contributed by atoms with van der Waals surface area (Å²) in [7, 11) is 0. The van der Waals surface area contributed by atoms with Gasteiger partial charge in [0.15, 0.2) is 0 Å². The predicted octanol–water partition coefficient (Wildman–Crippen LogP) is 2.36. The molecular weight excluding hydrogens is 239 g/mol. The Morgan fingerprint density at radius 3 is 2.89 bits per heavy atom.